The molecule has 0 aliphatic rings. The lowest BCUT2D eigenvalue weighted by Gasteiger charge is -2.18. The number of aliphatic hydroxyl groups excluding tert-OH is 1. The highest BCUT2D eigenvalue weighted by atomic mass is 16.5. The number of nitrogens with one attached hydrogen (secondary N) is 2. The maximum atomic E-state index is 12.9. The minimum atomic E-state index is -1.39. The Kier molecular flexibility index (Phi) is 45.5. The monoisotopic (exact) mass is 893 g/mol. The number of carboxylic acid groups (broad SMARTS) is 1. The van der Waals surface area contributed by atoms with Crippen LogP contribution < -0.4 is 10.6 Å². The molecule has 9 heteroatoms. The number of carbonyl (C=O) groups is 4. The molecule has 0 bridgehead atoms. The van der Waals surface area contributed by atoms with Gasteiger partial charge in [-0.15, -0.1) is 0 Å². The fraction of sp³-hybridized carbons (Fsp3) is 0.673. The van der Waals surface area contributed by atoms with Crippen molar-refractivity contribution in [1.29, 1.82) is 0 Å². The van der Waals surface area contributed by atoms with Gasteiger partial charge in [-0.05, 0) is 109 Å². The van der Waals surface area contributed by atoms with Crippen LogP contribution in [0.4, 0.5) is 0 Å². The molecule has 4 N–H and O–H groups in total. The van der Waals surface area contributed by atoms with E-state index >= 15 is 0 Å². The van der Waals surface area contributed by atoms with E-state index in [2.05, 4.69) is 110 Å². The second-order valence-corrected chi connectivity index (χ2v) is 16.9. The lowest BCUT2D eigenvalue weighted by molar-refractivity contribution is -0.150. The van der Waals surface area contributed by atoms with Crippen molar-refractivity contribution in [3.05, 3.63) is 85.1 Å². The molecular weight excluding hydrogens is 801 g/mol. The molecule has 2 atom stereocenters. The van der Waals surface area contributed by atoms with Gasteiger partial charge in [0.2, 0.25) is 11.8 Å². The first kappa shape index (κ1) is 60.0. The Morgan fingerprint density at radius 3 is 1.42 bits per heavy atom. The van der Waals surface area contributed by atoms with E-state index in [9.17, 15) is 19.2 Å². The van der Waals surface area contributed by atoms with Gasteiger partial charge < -0.3 is 25.6 Å². The number of hydrogen-bond donors (Lipinski definition) is 4. The van der Waals surface area contributed by atoms with Crippen molar-refractivity contribution < 1.29 is 34.1 Å². The predicted octanol–water partition coefficient (Wildman–Crippen LogP) is 13.6. The summed E-state index contributed by atoms with van der Waals surface area (Å²) in [6, 6.07) is -1.39. The molecule has 64 heavy (non-hydrogen) atoms. The summed E-state index contributed by atoms with van der Waals surface area (Å²) >= 11 is 0. The summed E-state index contributed by atoms with van der Waals surface area (Å²) in [4.78, 5) is 47.8. The van der Waals surface area contributed by atoms with Crippen LogP contribution in [0.5, 0.6) is 0 Å². The second-order valence-electron chi connectivity index (χ2n) is 16.9. The zero-order valence-corrected chi connectivity index (χ0v) is 40.5. The average molecular weight is 893 g/mol. The quantitative estimate of drug-likeness (QED) is 0.0271. The van der Waals surface area contributed by atoms with Crippen LogP contribution >= 0.6 is 0 Å². The van der Waals surface area contributed by atoms with Crippen molar-refractivity contribution in [3.8, 4) is 0 Å². The highest BCUT2D eigenvalue weighted by Crippen LogP contribution is 2.18. The van der Waals surface area contributed by atoms with Crippen LogP contribution in [0, 0.1) is 0 Å². The molecule has 9 nitrogen and oxygen atoms in total. The molecule has 2 unspecified atom stereocenters. The molecule has 2 amide bonds. The molecule has 0 heterocycles. The van der Waals surface area contributed by atoms with Crippen molar-refractivity contribution in [2.75, 3.05) is 13.2 Å². The molecule has 0 aliphatic carbocycles. The van der Waals surface area contributed by atoms with E-state index in [1.165, 1.54) is 51.4 Å². The largest absolute Gasteiger partial charge is 0.480 e. The smallest absolute Gasteiger partial charge is 0.328 e. The standard InChI is InChI=1S/C55H92N2O7/c1-3-5-7-9-11-13-15-17-18-19-20-21-22-23-24-25-26-28-30-32-34-39-43-47-54(61)64-50(44-40-36-33-31-29-27-16-14-12-10-8-6-4-2)45-41-37-35-38-42-46-52(59)56-48-53(60)57-51(49-58)55(62)63/h5,7,11,13,17-18,20-21,23-24,26,28,31,33,50-51,58H,3-4,6,8-10,12,14-16,19,22,25,27,29-30,32,34-49H2,1-2H3,(H,56,59)(H,57,60)(H,62,63)/b7-5-,13-11-,18-17-,21-20-,24-23-,28-26-,33-31-. The Morgan fingerprint density at radius 2 is 0.906 bits per heavy atom. The van der Waals surface area contributed by atoms with Gasteiger partial charge in [-0.2, -0.15) is 0 Å². The Labute approximate surface area is 390 Å². The number of esters is 1. The highest BCUT2D eigenvalue weighted by Gasteiger charge is 2.19. The molecular formula is C55H92N2O7. The van der Waals surface area contributed by atoms with Crippen LogP contribution in [0.15, 0.2) is 85.1 Å². The summed E-state index contributed by atoms with van der Waals surface area (Å²) < 4.78 is 6.03. The van der Waals surface area contributed by atoms with E-state index < -0.39 is 24.5 Å². The van der Waals surface area contributed by atoms with Gasteiger partial charge in [0.15, 0.2) is 0 Å². The number of ether oxygens (including phenoxy) is 1. The molecule has 0 aliphatic heterocycles. The number of unbranched alkanes of at least 4 members (excludes halogenated alkanes) is 17. The molecule has 0 spiro atoms. The number of hydrogen-bond acceptors (Lipinski definition) is 6. The maximum absolute atomic E-state index is 12.9. The topological polar surface area (TPSA) is 142 Å². The number of allylic oxidation sites excluding steroid dienone is 14. The van der Waals surface area contributed by atoms with E-state index in [0.717, 1.165) is 128 Å². The molecule has 0 rings (SSSR count). The van der Waals surface area contributed by atoms with Gasteiger partial charge in [0.1, 0.15) is 12.1 Å². The van der Waals surface area contributed by atoms with Crippen LogP contribution in [-0.2, 0) is 23.9 Å². The van der Waals surface area contributed by atoms with Crippen molar-refractivity contribution in [2.45, 2.75) is 225 Å². The fourth-order valence-electron chi connectivity index (χ4n) is 7.01. The van der Waals surface area contributed by atoms with E-state index in [1.54, 1.807) is 0 Å². The molecule has 364 valence electrons. The Bertz CT molecular complexity index is 1350. The fourth-order valence-corrected chi connectivity index (χ4v) is 7.01. The number of amides is 2. The van der Waals surface area contributed by atoms with Crippen LogP contribution in [0.3, 0.4) is 0 Å². The number of rotatable bonds is 45. The van der Waals surface area contributed by atoms with Gasteiger partial charge in [-0.25, -0.2) is 4.79 Å². The van der Waals surface area contributed by atoms with Gasteiger partial charge in [-0.3, -0.25) is 14.4 Å². The number of carbonyl (C=O) groups excluding carboxylic acids is 3. The second kappa shape index (κ2) is 48.5. The summed E-state index contributed by atoms with van der Waals surface area (Å²) in [5, 5.41) is 22.6. The van der Waals surface area contributed by atoms with Crippen LogP contribution in [0.1, 0.15) is 213 Å². The predicted molar refractivity (Wildman–Crippen MR) is 268 cm³/mol. The van der Waals surface area contributed by atoms with E-state index in [4.69, 9.17) is 14.9 Å². The third-order valence-corrected chi connectivity index (χ3v) is 10.9. The van der Waals surface area contributed by atoms with Gasteiger partial charge in [0.25, 0.3) is 0 Å². The zero-order valence-electron chi connectivity index (χ0n) is 40.5. The maximum Gasteiger partial charge on any atom is 0.328 e. The minimum Gasteiger partial charge on any atom is -0.480 e. The summed E-state index contributed by atoms with van der Waals surface area (Å²) in [7, 11) is 0. The molecule has 0 saturated heterocycles. The van der Waals surface area contributed by atoms with Crippen molar-refractivity contribution in [1.82, 2.24) is 10.6 Å². The van der Waals surface area contributed by atoms with E-state index in [-0.39, 0.29) is 30.9 Å². The SMILES string of the molecule is CC/C=C\C/C=C\C/C=C\C/C=C\C/C=C\C/C=C\CCCCCCC(=O)OC(CCC/C=C\CCCCCCCCCC)CCCCCCCC(=O)NCC(=O)NC(CO)C(=O)O. The molecule has 0 radical (unpaired) electrons. The first-order valence-electron chi connectivity index (χ1n) is 25.5. The van der Waals surface area contributed by atoms with Crippen molar-refractivity contribution in [3.63, 3.8) is 0 Å². The minimum absolute atomic E-state index is 0.0646. The van der Waals surface area contributed by atoms with Crippen LogP contribution in [0.25, 0.3) is 0 Å². The third-order valence-electron chi connectivity index (χ3n) is 10.9. The molecule has 0 fully saturated rings. The van der Waals surface area contributed by atoms with Crippen molar-refractivity contribution in [2.24, 2.45) is 0 Å². The van der Waals surface area contributed by atoms with E-state index in [1.807, 2.05) is 0 Å². The molecule has 0 aromatic heterocycles. The number of carboxylic acids is 1. The summed E-state index contributed by atoms with van der Waals surface area (Å²) in [5.74, 6) is -2.35. The van der Waals surface area contributed by atoms with E-state index in [0.29, 0.717) is 12.8 Å². The van der Waals surface area contributed by atoms with Gasteiger partial charge in [0.05, 0.1) is 13.2 Å². The highest BCUT2D eigenvalue weighted by molar-refractivity contribution is 5.87. The first-order chi connectivity index (χ1) is 31.3. The Morgan fingerprint density at radius 1 is 0.484 bits per heavy atom. The van der Waals surface area contributed by atoms with Gasteiger partial charge in [-0.1, -0.05) is 176 Å². The van der Waals surface area contributed by atoms with Crippen LogP contribution in [0.2, 0.25) is 0 Å². The Hall–Kier alpha value is -3.98. The normalized spacial score (nSPS) is 13.2. The van der Waals surface area contributed by atoms with Crippen molar-refractivity contribution >= 4 is 23.8 Å². The summed E-state index contributed by atoms with van der Waals surface area (Å²) in [6.45, 7) is 3.36. The number of aliphatic carboxylic acids is 1. The molecule has 0 aromatic carbocycles. The zero-order chi connectivity index (χ0) is 46.8. The van der Waals surface area contributed by atoms with Gasteiger partial charge >= 0.3 is 11.9 Å². The van der Waals surface area contributed by atoms with Crippen LogP contribution in [-0.4, -0.2) is 59.3 Å². The molecule has 0 aromatic rings. The lowest BCUT2D eigenvalue weighted by atomic mass is 10.0. The lowest BCUT2D eigenvalue weighted by Crippen LogP contribution is -2.47. The summed E-state index contributed by atoms with van der Waals surface area (Å²) in [6.07, 6.45) is 63.3. The third kappa shape index (κ3) is 44.6. The Balaban J connectivity index is 4.38. The average Bonchev–Trinajstić information content (AvgIpc) is 3.28. The molecule has 0 saturated carbocycles. The summed E-state index contributed by atoms with van der Waals surface area (Å²) in [5.41, 5.74) is 0. The number of aliphatic hydroxyl groups is 1. The van der Waals surface area contributed by atoms with Gasteiger partial charge in [0, 0.05) is 12.8 Å². The first-order valence-corrected chi connectivity index (χ1v) is 25.5.